The highest BCUT2D eigenvalue weighted by molar-refractivity contribution is 6.02. The lowest BCUT2D eigenvalue weighted by atomic mass is 10.1. The van der Waals surface area contributed by atoms with Crippen LogP contribution in [0.2, 0.25) is 0 Å². The molecule has 0 atom stereocenters. The first-order valence-electron chi connectivity index (χ1n) is 11.3. The molecule has 1 fully saturated rings. The van der Waals surface area contributed by atoms with Crippen molar-refractivity contribution in [1.82, 2.24) is 5.32 Å². The number of anilines is 1. The van der Waals surface area contributed by atoms with Crippen molar-refractivity contribution in [2.24, 2.45) is 0 Å². The standard InChI is InChI=1S/C27H26F2N2O4/c28-23-11-5-18(26(29)27(23)33)6-12-25(32)31-24-4-2-1-3-19(24)17-34-20-7-9-21(10-8-20)35-22-13-15-30-16-14-22/h1-12,22,30,33H,13-17H2,(H,31,32). The van der Waals surface area contributed by atoms with Crippen LogP contribution in [0.1, 0.15) is 24.0 Å². The SMILES string of the molecule is O=C(C=Cc1ccc(F)c(O)c1F)Nc1ccccc1COc1ccc(OC2CCNCC2)cc1. The van der Waals surface area contributed by atoms with Crippen LogP contribution in [-0.4, -0.2) is 30.2 Å². The molecule has 182 valence electrons. The van der Waals surface area contributed by atoms with E-state index in [1.165, 1.54) is 0 Å². The number of nitrogens with one attached hydrogen (secondary N) is 2. The average molecular weight is 481 g/mol. The summed E-state index contributed by atoms with van der Waals surface area (Å²) in [6.07, 6.45) is 4.46. The van der Waals surface area contributed by atoms with E-state index in [0.717, 1.165) is 61.5 Å². The Morgan fingerprint density at radius 1 is 1.03 bits per heavy atom. The first-order valence-corrected chi connectivity index (χ1v) is 11.3. The maximum Gasteiger partial charge on any atom is 0.248 e. The average Bonchev–Trinajstić information content (AvgIpc) is 2.88. The van der Waals surface area contributed by atoms with E-state index >= 15 is 0 Å². The molecule has 0 aromatic heterocycles. The number of carbonyl (C=O) groups is 1. The summed E-state index contributed by atoms with van der Waals surface area (Å²) in [6.45, 7) is 2.14. The van der Waals surface area contributed by atoms with Crippen molar-refractivity contribution in [2.75, 3.05) is 18.4 Å². The molecule has 0 radical (unpaired) electrons. The van der Waals surface area contributed by atoms with Crippen LogP contribution in [0.25, 0.3) is 6.08 Å². The van der Waals surface area contributed by atoms with Gasteiger partial charge in [0.05, 0.1) is 0 Å². The monoisotopic (exact) mass is 480 g/mol. The number of carbonyl (C=O) groups excluding carboxylic acids is 1. The smallest absolute Gasteiger partial charge is 0.248 e. The maximum absolute atomic E-state index is 13.9. The first-order chi connectivity index (χ1) is 17.0. The number of rotatable bonds is 8. The van der Waals surface area contributed by atoms with E-state index in [-0.39, 0.29) is 18.3 Å². The molecule has 1 amide bonds. The van der Waals surface area contributed by atoms with Crippen molar-refractivity contribution in [3.63, 3.8) is 0 Å². The Balaban J connectivity index is 1.34. The van der Waals surface area contributed by atoms with Gasteiger partial charge in [-0.3, -0.25) is 4.79 Å². The number of amides is 1. The Hall–Kier alpha value is -3.91. The molecule has 1 aliphatic rings. The van der Waals surface area contributed by atoms with Crippen LogP contribution in [0.4, 0.5) is 14.5 Å². The van der Waals surface area contributed by atoms with Crippen LogP contribution in [0.3, 0.4) is 0 Å². The zero-order chi connectivity index (χ0) is 24.6. The highest BCUT2D eigenvalue weighted by Crippen LogP contribution is 2.25. The highest BCUT2D eigenvalue weighted by Gasteiger charge is 2.14. The quantitative estimate of drug-likeness (QED) is 0.394. The Morgan fingerprint density at radius 2 is 1.74 bits per heavy atom. The largest absolute Gasteiger partial charge is 0.503 e. The number of hydrogen-bond acceptors (Lipinski definition) is 5. The van der Waals surface area contributed by atoms with Crippen LogP contribution in [0.5, 0.6) is 17.2 Å². The molecular formula is C27H26F2N2O4. The Labute approximate surface area is 202 Å². The van der Waals surface area contributed by atoms with Crippen molar-refractivity contribution in [3.05, 3.63) is 89.5 Å². The third-order valence-electron chi connectivity index (χ3n) is 5.59. The van der Waals surface area contributed by atoms with Gasteiger partial charge < -0.3 is 25.2 Å². The summed E-state index contributed by atoms with van der Waals surface area (Å²) in [7, 11) is 0. The number of phenolic OH excluding ortho intramolecular Hbond substituents is 1. The topological polar surface area (TPSA) is 79.8 Å². The second-order valence-corrected chi connectivity index (χ2v) is 8.11. The van der Waals surface area contributed by atoms with Crippen molar-refractivity contribution < 1.29 is 28.2 Å². The Morgan fingerprint density at radius 3 is 2.51 bits per heavy atom. The fourth-order valence-corrected chi connectivity index (χ4v) is 3.67. The van der Waals surface area contributed by atoms with E-state index in [0.29, 0.717) is 11.4 Å². The van der Waals surface area contributed by atoms with Crippen molar-refractivity contribution in [2.45, 2.75) is 25.6 Å². The Bertz CT molecular complexity index is 1190. The summed E-state index contributed by atoms with van der Waals surface area (Å²) < 4.78 is 39.0. The number of halogens is 2. The zero-order valence-electron chi connectivity index (χ0n) is 19.0. The van der Waals surface area contributed by atoms with Gasteiger partial charge >= 0.3 is 0 Å². The van der Waals surface area contributed by atoms with Crippen molar-refractivity contribution >= 4 is 17.7 Å². The number of aromatic hydroxyl groups is 1. The van der Waals surface area contributed by atoms with Gasteiger partial charge in [0.2, 0.25) is 5.91 Å². The van der Waals surface area contributed by atoms with E-state index in [4.69, 9.17) is 9.47 Å². The van der Waals surface area contributed by atoms with Gasteiger partial charge in [0.25, 0.3) is 0 Å². The summed E-state index contributed by atoms with van der Waals surface area (Å²) in [5.74, 6) is -2.33. The number of ether oxygens (including phenoxy) is 2. The summed E-state index contributed by atoms with van der Waals surface area (Å²) in [6, 6.07) is 16.7. The Kier molecular flexibility index (Phi) is 7.95. The lowest BCUT2D eigenvalue weighted by molar-refractivity contribution is -0.111. The van der Waals surface area contributed by atoms with Crippen LogP contribution < -0.4 is 20.1 Å². The summed E-state index contributed by atoms with van der Waals surface area (Å²) in [5, 5.41) is 15.4. The van der Waals surface area contributed by atoms with Crippen LogP contribution in [-0.2, 0) is 11.4 Å². The molecule has 0 aliphatic carbocycles. The molecule has 0 unspecified atom stereocenters. The lowest BCUT2D eigenvalue weighted by Crippen LogP contribution is -2.34. The maximum atomic E-state index is 13.9. The molecule has 1 saturated heterocycles. The van der Waals surface area contributed by atoms with Crippen LogP contribution in [0, 0.1) is 11.6 Å². The van der Waals surface area contributed by atoms with E-state index < -0.39 is 23.3 Å². The molecule has 3 N–H and O–H groups in total. The second-order valence-electron chi connectivity index (χ2n) is 8.11. The van der Waals surface area contributed by atoms with Crippen LogP contribution in [0.15, 0.2) is 66.7 Å². The van der Waals surface area contributed by atoms with Gasteiger partial charge in [-0.1, -0.05) is 18.2 Å². The number of piperidine rings is 1. The predicted octanol–water partition coefficient (Wildman–Crippen LogP) is 5.03. The molecule has 3 aromatic rings. The highest BCUT2D eigenvalue weighted by atomic mass is 19.1. The molecule has 4 rings (SSSR count). The van der Waals surface area contributed by atoms with Crippen LogP contribution >= 0.6 is 0 Å². The van der Waals surface area contributed by atoms with Gasteiger partial charge in [-0.25, -0.2) is 8.78 Å². The second kappa shape index (κ2) is 11.5. The fraction of sp³-hybridized carbons (Fsp3) is 0.222. The third kappa shape index (κ3) is 6.58. The minimum Gasteiger partial charge on any atom is -0.503 e. The van der Waals surface area contributed by atoms with E-state index in [9.17, 15) is 18.7 Å². The molecule has 3 aromatic carbocycles. The number of phenols is 1. The molecule has 8 heteroatoms. The first kappa shape index (κ1) is 24.2. The van der Waals surface area contributed by atoms with Crippen molar-refractivity contribution in [3.8, 4) is 17.2 Å². The van der Waals surface area contributed by atoms with E-state index in [2.05, 4.69) is 10.6 Å². The fourth-order valence-electron chi connectivity index (χ4n) is 3.67. The molecule has 0 saturated carbocycles. The predicted molar refractivity (Wildman–Crippen MR) is 129 cm³/mol. The molecular weight excluding hydrogens is 454 g/mol. The van der Waals surface area contributed by atoms with E-state index in [1.54, 1.807) is 12.1 Å². The summed E-state index contributed by atoms with van der Waals surface area (Å²) in [5.41, 5.74) is 1.17. The van der Waals surface area contributed by atoms with Gasteiger partial charge in [-0.2, -0.15) is 0 Å². The summed E-state index contributed by atoms with van der Waals surface area (Å²) >= 11 is 0. The molecule has 1 heterocycles. The molecule has 6 nitrogen and oxygen atoms in total. The molecule has 0 bridgehead atoms. The molecule has 35 heavy (non-hydrogen) atoms. The van der Waals surface area contributed by atoms with E-state index in [1.807, 2.05) is 36.4 Å². The zero-order valence-corrected chi connectivity index (χ0v) is 19.0. The minimum atomic E-state index is -1.13. The van der Waals surface area contributed by atoms with Crippen molar-refractivity contribution in [1.29, 1.82) is 0 Å². The lowest BCUT2D eigenvalue weighted by Gasteiger charge is -2.23. The third-order valence-corrected chi connectivity index (χ3v) is 5.59. The van der Waals surface area contributed by atoms with Gasteiger partial charge in [-0.05, 0) is 74.5 Å². The number of benzene rings is 3. The van der Waals surface area contributed by atoms with Gasteiger partial charge in [0.15, 0.2) is 17.4 Å². The number of para-hydroxylation sites is 1. The molecule has 1 aliphatic heterocycles. The molecule has 0 spiro atoms. The number of hydrogen-bond donors (Lipinski definition) is 3. The van der Waals surface area contributed by atoms with Gasteiger partial charge in [-0.15, -0.1) is 0 Å². The summed E-state index contributed by atoms with van der Waals surface area (Å²) in [4.78, 5) is 12.4. The minimum absolute atomic E-state index is 0.108. The van der Waals surface area contributed by atoms with Gasteiger partial charge in [0, 0.05) is 22.9 Å². The van der Waals surface area contributed by atoms with Gasteiger partial charge in [0.1, 0.15) is 24.2 Å². The normalized spacial score (nSPS) is 14.1.